The van der Waals surface area contributed by atoms with Crippen molar-refractivity contribution in [2.24, 2.45) is 0 Å². The van der Waals surface area contributed by atoms with E-state index < -0.39 is 6.10 Å². The highest BCUT2D eigenvalue weighted by atomic mass is 16.5. The van der Waals surface area contributed by atoms with Gasteiger partial charge in [0, 0.05) is 30.9 Å². The Morgan fingerprint density at radius 1 is 1.47 bits per heavy atom. The smallest absolute Gasteiger partial charge is 0.0936 e. The number of hydrogen-bond donors (Lipinski definition) is 2. The average Bonchev–Trinajstić information content (AvgIpc) is 2.26. The van der Waals surface area contributed by atoms with Crippen molar-refractivity contribution in [1.82, 2.24) is 4.90 Å². The molecule has 1 aliphatic heterocycles. The summed E-state index contributed by atoms with van der Waals surface area (Å²) in [5.74, 6) is 0. The van der Waals surface area contributed by atoms with Gasteiger partial charge in [0.15, 0.2) is 0 Å². The third-order valence-electron chi connectivity index (χ3n) is 3.43. The molecule has 1 heterocycles. The van der Waals surface area contributed by atoms with E-state index >= 15 is 0 Å². The molecule has 1 aromatic rings. The molecule has 1 saturated heterocycles. The van der Waals surface area contributed by atoms with E-state index in [1.165, 1.54) is 0 Å². The van der Waals surface area contributed by atoms with Gasteiger partial charge in [-0.25, -0.2) is 0 Å². The fourth-order valence-corrected chi connectivity index (χ4v) is 2.88. The van der Waals surface area contributed by atoms with Crippen LogP contribution in [0.25, 0.3) is 0 Å². The molecule has 2 atom stereocenters. The van der Waals surface area contributed by atoms with Gasteiger partial charge in [-0.2, -0.15) is 0 Å². The van der Waals surface area contributed by atoms with E-state index in [4.69, 9.17) is 10.5 Å². The highest BCUT2D eigenvalue weighted by Gasteiger charge is 2.32. The third-order valence-corrected chi connectivity index (χ3v) is 3.43. The summed E-state index contributed by atoms with van der Waals surface area (Å²) in [4.78, 5) is 2.24. The first-order chi connectivity index (χ1) is 8.87. The van der Waals surface area contributed by atoms with Gasteiger partial charge in [-0.05, 0) is 26.8 Å². The molecular weight excluding hydrogens is 240 g/mol. The summed E-state index contributed by atoms with van der Waals surface area (Å²) in [5.41, 5.74) is 7.19. The van der Waals surface area contributed by atoms with Crippen molar-refractivity contribution in [3.8, 4) is 0 Å². The lowest BCUT2D eigenvalue weighted by molar-refractivity contribution is -0.133. The van der Waals surface area contributed by atoms with Crippen LogP contribution in [0, 0.1) is 0 Å². The topological polar surface area (TPSA) is 58.7 Å². The highest BCUT2D eigenvalue weighted by Crippen LogP contribution is 2.25. The maximum Gasteiger partial charge on any atom is 0.0936 e. The summed E-state index contributed by atoms with van der Waals surface area (Å²) >= 11 is 0. The number of nitrogen functional groups attached to an aromatic ring is 1. The van der Waals surface area contributed by atoms with Crippen molar-refractivity contribution < 1.29 is 9.84 Å². The fraction of sp³-hybridized carbons (Fsp3) is 0.600. The molecule has 2 unspecified atom stereocenters. The van der Waals surface area contributed by atoms with Gasteiger partial charge in [-0.15, -0.1) is 0 Å². The van der Waals surface area contributed by atoms with Gasteiger partial charge in [0.05, 0.1) is 17.8 Å². The quantitative estimate of drug-likeness (QED) is 0.817. The number of morpholine rings is 1. The Morgan fingerprint density at radius 3 is 2.79 bits per heavy atom. The van der Waals surface area contributed by atoms with Crippen LogP contribution in [0.3, 0.4) is 0 Å². The minimum atomic E-state index is -0.553. The maximum atomic E-state index is 10.3. The Morgan fingerprint density at radius 2 is 2.16 bits per heavy atom. The molecule has 1 aromatic carbocycles. The Bertz CT molecular complexity index is 434. The predicted molar refractivity (Wildman–Crippen MR) is 76.9 cm³/mol. The lowest BCUT2D eigenvalue weighted by Crippen LogP contribution is -2.52. The molecule has 0 radical (unpaired) electrons. The van der Waals surface area contributed by atoms with Gasteiger partial charge < -0.3 is 15.6 Å². The number of aliphatic hydroxyl groups excluding tert-OH is 1. The largest absolute Gasteiger partial charge is 0.398 e. The van der Waals surface area contributed by atoms with E-state index in [0.29, 0.717) is 12.2 Å². The van der Waals surface area contributed by atoms with Gasteiger partial charge in [-0.1, -0.05) is 18.2 Å². The van der Waals surface area contributed by atoms with Crippen LogP contribution in [0.5, 0.6) is 0 Å². The Kier molecular flexibility index (Phi) is 4.13. The number of aliphatic hydroxyl groups is 1. The zero-order valence-electron chi connectivity index (χ0n) is 12.0. The van der Waals surface area contributed by atoms with Crippen molar-refractivity contribution in [2.45, 2.75) is 38.6 Å². The molecule has 0 bridgehead atoms. The molecule has 0 aliphatic carbocycles. The monoisotopic (exact) mass is 264 g/mol. The number of β-amino-alcohol motifs (C(OH)–C–C–N with tert-alkyl or cyclic N) is 1. The first-order valence-electron chi connectivity index (χ1n) is 6.80. The molecule has 19 heavy (non-hydrogen) atoms. The molecule has 1 aliphatic rings. The minimum Gasteiger partial charge on any atom is -0.398 e. The van der Waals surface area contributed by atoms with Crippen LogP contribution in [0.4, 0.5) is 5.69 Å². The Hall–Kier alpha value is -1.10. The average molecular weight is 264 g/mol. The molecule has 0 saturated carbocycles. The van der Waals surface area contributed by atoms with Gasteiger partial charge >= 0.3 is 0 Å². The SMILES string of the molecule is CC1CN(CC(O)c2ccccc2N)CC(C)(C)O1. The molecule has 0 aromatic heterocycles. The molecule has 0 amide bonds. The lowest BCUT2D eigenvalue weighted by atomic mass is 10.0. The standard InChI is InChI=1S/C15H24N2O2/c1-11-8-17(10-15(2,3)19-11)9-14(18)12-6-4-5-7-13(12)16/h4-7,11,14,18H,8-10,16H2,1-3H3. The second kappa shape index (κ2) is 5.49. The number of hydrogen-bond acceptors (Lipinski definition) is 4. The van der Waals surface area contributed by atoms with Gasteiger partial charge in [-0.3, -0.25) is 4.90 Å². The zero-order valence-corrected chi connectivity index (χ0v) is 12.0. The van der Waals surface area contributed by atoms with Crippen LogP contribution in [0.2, 0.25) is 0 Å². The zero-order chi connectivity index (χ0) is 14.0. The van der Waals surface area contributed by atoms with E-state index in [9.17, 15) is 5.11 Å². The summed E-state index contributed by atoms with van der Waals surface area (Å²) in [7, 11) is 0. The van der Waals surface area contributed by atoms with Crippen LogP contribution in [0.15, 0.2) is 24.3 Å². The van der Waals surface area contributed by atoms with Crippen molar-refractivity contribution in [2.75, 3.05) is 25.4 Å². The lowest BCUT2D eigenvalue weighted by Gasteiger charge is -2.42. The third kappa shape index (κ3) is 3.69. The summed E-state index contributed by atoms with van der Waals surface area (Å²) in [6, 6.07) is 7.49. The second-order valence-electron chi connectivity index (χ2n) is 6.03. The van der Waals surface area contributed by atoms with Crippen LogP contribution in [-0.2, 0) is 4.74 Å². The van der Waals surface area contributed by atoms with E-state index in [2.05, 4.69) is 25.7 Å². The summed E-state index contributed by atoms with van der Waals surface area (Å²) in [6.07, 6.45) is -0.369. The number of para-hydroxylation sites is 1. The number of nitrogens with zero attached hydrogens (tertiary/aromatic N) is 1. The maximum absolute atomic E-state index is 10.3. The van der Waals surface area contributed by atoms with Crippen LogP contribution in [0.1, 0.15) is 32.4 Å². The molecule has 2 rings (SSSR count). The highest BCUT2D eigenvalue weighted by molar-refractivity contribution is 5.47. The molecule has 1 fully saturated rings. The van der Waals surface area contributed by atoms with Crippen molar-refractivity contribution in [3.05, 3.63) is 29.8 Å². The number of rotatable bonds is 3. The Balaban J connectivity index is 2.03. The molecule has 0 spiro atoms. The summed E-state index contributed by atoms with van der Waals surface area (Å²) in [5, 5.41) is 10.3. The van der Waals surface area contributed by atoms with Crippen LogP contribution in [-0.4, -0.2) is 41.3 Å². The Labute approximate surface area is 115 Å². The van der Waals surface area contributed by atoms with Crippen LogP contribution < -0.4 is 5.73 Å². The second-order valence-corrected chi connectivity index (χ2v) is 6.03. The van der Waals surface area contributed by atoms with Crippen molar-refractivity contribution >= 4 is 5.69 Å². The normalized spacial score (nSPS) is 25.2. The first kappa shape index (κ1) is 14.3. The van der Waals surface area contributed by atoms with Crippen molar-refractivity contribution in [3.63, 3.8) is 0 Å². The van der Waals surface area contributed by atoms with Gasteiger partial charge in [0.25, 0.3) is 0 Å². The first-order valence-corrected chi connectivity index (χ1v) is 6.80. The van der Waals surface area contributed by atoms with Crippen LogP contribution >= 0.6 is 0 Å². The molecule has 4 nitrogen and oxygen atoms in total. The van der Waals surface area contributed by atoms with Gasteiger partial charge in [0.1, 0.15) is 0 Å². The predicted octanol–water partition coefficient (Wildman–Crippen LogP) is 1.80. The minimum absolute atomic E-state index is 0.167. The van der Waals surface area contributed by atoms with E-state index in [1.807, 2.05) is 24.3 Å². The van der Waals surface area contributed by atoms with Crippen molar-refractivity contribution in [1.29, 1.82) is 0 Å². The molecule has 4 heteroatoms. The summed E-state index contributed by atoms with van der Waals surface area (Å²) in [6.45, 7) is 8.48. The number of benzene rings is 1. The van der Waals surface area contributed by atoms with E-state index in [-0.39, 0.29) is 11.7 Å². The van der Waals surface area contributed by atoms with E-state index in [1.54, 1.807) is 0 Å². The van der Waals surface area contributed by atoms with E-state index in [0.717, 1.165) is 18.7 Å². The van der Waals surface area contributed by atoms with Gasteiger partial charge in [0.2, 0.25) is 0 Å². The number of ether oxygens (including phenoxy) is 1. The number of nitrogens with two attached hydrogens (primary N) is 1. The number of anilines is 1. The fourth-order valence-electron chi connectivity index (χ4n) is 2.88. The molecule has 106 valence electrons. The molecular formula is C15H24N2O2. The molecule has 3 N–H and O–H groups in total. The summed E-state index contributed by atoms with van der Waals surface area (Å²) < 4.78 is 5.87.